The first-order valence-electron chi connectivity index (χ1n) is 3.65. The van der Waals surface area contributed by atoms with Crippen molar-refractivity contribution in [1.29, 1.82) is 0 Å². The van der Waals surface area contributed by atoms with Crippen LogP contribution in [0.2, 0.25) is 0 Å². The first-order valence-corrected chi connectivity index (χ1v) is 3.65. The van der Waals surface area contributed by atoms with Gasteiger partial charge in [0, 0.05) is 6.20 Å². The van der Waals surface area contributed by atoms with E-state index in [0.29, 0.717) is 6.42 Å². The Bertz CT molecular complexity index is 275. The molecule has 0 amide bonds. The average Bonchev–Trinajstić information content (AvgIpc) is 2.05. The molecule has 3 heteroatoms. The molecule has 0 saturated carbocycles. The first kappa shape index (κ1) is 8.87. The van der Waals surface area contributed by atoms with Gasteiger partial charge >= 0.3 is 0 Å². The van der Waals surface area contributed by atoms with Crippen molar-refractivity contribution in [3.8, 4) is 0 Å². The minimum atomic E-state index is -0.885. The molecule has 0 aliphatic rings. The first-order chi connectivity index (χ1) is 5.75. The molecule has 0 radical (unpaired) electrons. The molecule has 0 saturated heterocycles. The quantitative estimate of drug-likeness (QED) is 0.696. The number of rotatable bonds is 3. The third-order valence-electron chi connectivity index (χ3n) is 1.49. The average molecular weight is 167 g/mol. The van der Waals surface area contributed by atoms with Gasteiger partial charge in [0.2, 0.25) is 0 Å². The van der Waals surface area contributed by atoms with E-state index in [-0.39, 0.29) is 5.69 Å². The highest BCUT2D eigenvalue weighted by atomic mass is 19.1. The lowest BCUT2D eigenvalue weighted by Crippen LogP contribution is -2.01. The molecule has 1 N–H and O–H groups in total. The van der Waals surface area contributed by atoms with Crippen molar-refractivity contribution in [3.63, 3.8) is 0 Å². The molecule has 1 unspecified atom stereocenters. The molecule has 2 nitrogen and oxygen atoms in total. The second kappa shape index (κ2) is 3.97. The van der Waals surface area contributed by atoms with Gasteiger partial charge in [-0.25, -0.2) is 4.39 Å². The molecule has 1 heterocycles. The van der Waals surface area contributed by atoms with Gasteiger partial charge in [-0.3, -0.25) is 4.98 Å². The Morgan fingerprint density at radius 2 is 2.50 bits per heavy atom. The van der Waals surface area contributed by atoms with Gasteiger partial charge in [-0.15, -0.1) is 6.58 Å². The smallest absolute Gasteiger partial charge is 0.147 e. The summed E-state index contributed by atoms with van der Waals surface area (Å²) < 4.78 is 12.9. The summed E-state index contributed by atoms with van der Waals surface area (Å²) in [6.45, 7) is 3.45. The number of aliphatic hydroxyl groups is 1. The summed E-state index contributed by atoms with van der Waals surface area (Å²) in [6, 6.07) is 2.76. The van der Waals surface area contributed by atoms with E-state index in [0.717, 1.165) is 0 Å². The van der Waals surface area contributed by atoms with Crippen LogP contribution in [-0.2, 0) is 0 Å². The molecule has 1 rings (SSSR count). The molecule has 0 aliphatic heterocycles. The Hall–Kier alpha value is -1.22. The third-order valence-corrected chi connectivity index (χ3v) is 1.49. The predicted molar refractivity (Wildman–Crippen MR) is 44.0 cm³/mol. The molecule has 1 aromatic heterocycles. The number of hydrogen-bond donors (Lipinski definition) is 1. The van der Waals surface area contributed by atoms with E-state index in [1.807, 2.05) is 0 Å². The molecule has 0 aliphatic carbocycles. The molecule has 0 aromatic carbocycles. The van der Waals surface area contributed by atoms with Crippen LogP contribution >= 0.6 is 0 Å². The van der Waals surface area contributed by atoms with Crippen molar-refractivity contribution in [1.82, 2.24) is 4.98 Å². The maximum absolute atomic E-state index is 12.9. The van der Waals surface area contributed by atoms with Crippen LogP contribution in [-0.4, -0.2) is 10.1 Å². The van der Waals surface area contributed by atoms with Gasteiger partial charge in [0.15, 0.2) is 0 Å². The van der Waals surface area contributed by atoms with E-state index >= 15 is 0 Å². The van der Waals surface area contributed by atoms with Gasteiger partial charge < -0.3 is 5.11 Å². The van der Waals surface area contributed by atoms with E-state index in [2.05, 4.69) is 11.6 Å². The van der Waals surface area contributed by atoms with Gasteiger partial charge in [-0.05, 0) is 18.6 Å². The van der Waals surface area contributed by atoms with Crippen molar-refractivity contribution >= 4 is 0 Å². The van der Waals surface area contributed by atoms with Gasteiger partial charge in [0.1, 0.15) is 17.6 Å². The fraction of sp³-hybridized carbons (Fsp3) is 0.222. The molecule has 1 atom stereocenters. The molecule has 0 spiro atoms. The van der Waals surface area contributed by atoms with Crippen LogP contribution in [0.3, 0.4) is 0 Å². The molecule has 1 aromatic rings. The summed E-state index contributed by atoms with van der Waals surface area (Å²) in [5.74, 6) is -0.480. The molecule has 0 fully saturated rings. The fourth-order valence-electron chi connectivity index (χ4n) is 0.913. The van der Waals surface area contributed by atoms with Crippen molar-refractivity contribution in [2.45, 2.75) is 12.5 Å². The molecule has 64 valence electrons. The lowest BCUT2D eigenvalue weighted by molar-refractivity contribution is 0.171. The van der Waals surface area contributed by atoms with Crippen LogP contribution in [0, 0.1) is 5.82 Å². The number of pyridine rings is 1. The third kappa shape index (κ3) is 1.89. The Balaban J connectivity index is 2.86. The van der Waals surface area contributed by atoms with Crippen LogP contribution < -0.4 is 0 Å². The largest absolute Gasteiger partial charge is 0.386 e. The van der Waals surface area contributed by atoms with Crippen molar-refractivity contribution in [3.05, 3.63) is 42.5 Å². The number of halogens is 1. The van der Waals surface area contributed by atoms with Crippen LogP contribution in [0.1, 0.15) is 18.2 Å². The topological polar surface area (TPSA) is 33.1 Å². The Morgan fingerprint density at radius 3 is 3.08 bits per heavy atom. The Labute approximate surface area is 70.4 Å². The maximum Gasteiger partial charge on any atom is 0.147 e. The molecule has 12 heavy (non-hydrogen) atoms. The van der Waals surface area contributed by atoms with E-state index in [4.69, 9.17) is 0 Å². The van der Waals surface area contributed by atoms with E-state index in [1.165, 1.54) is 24.4 Å². The van der Waals surface area contributed by atoms with Gasteiger partial charge in [0.05, 0.1) is 0 Å². The second-order valence-electron chi connectivity index (χ2n) is 2.41. The van der Waals surface area contributed by atoms with Gasteiger partial charge in [-0.1, -0.05) is 6.08 Å². The van der Waals surface area contributed by atoms with Crippen LogP contribution in [0.4, 0.5) is 4.39 Å². The zero-order valence-corrected chi connectivity index (χ0v) is 6.57. The SMILES string of the molecule is C=CCC(O)c1ncccc1F. The highest BCUT2D eigenvalue weighted by Gasteiger charge is 2.11. The maximum atomic E-state index is 12.9. The van der Waals surface area contributed by atoms with Gasteiger partial charge in [0.25, 0.3) is 0 Å². The van der Waals surface area contributed by atoms with Crippen molar-refractivity contribution < 1.29 is 9.50 Å². The normalized spacial score (nSPS) is 12.5. The molecular weight excluding hydrogens is 157 g/mol. The van der Waals surface area contributed by atoms with Crippen LogP contribution in [0.15, 0.2) is 31.0 Å². The van der Waals surface area contributed by atoms with Crippen molar-refractivity contribution in [2.24, 2.45) is 0 Å². The zero-order chi connectivity index (χ0) is 8.97. The number of hydrogen-bond acceptors (Lipinski definition) is 2. The fourth-order valence-corrected chi connectivity index (χ4v) is 0.913. The Kier molecular flexibility index (Phi) is 2.94. The highest BCUT2D eigenvalue weighted by Crippen LogP contribution is 2.16. The predicted octanol–water partition coefficient (Wildman–Crippen LogP) is 1.83. The lowest BCUT2D eigenvalue weighted by Gasteiger charge is -2.06. The van der Waals surface area contributed by atoms with Crippen LogP contribution in [0.25, 0.3) is 0 Å². The summed E-state index contributed by atoms with van der Waals surface area (Å²) in [7, 11) is 0. The minimum Gasteiger partial charge on any atom is -0.386 e. The molecular formula is C9H10FNO. The van der Waals surface area contributed by atoms with Crippen molar-refractivity contribution in [2.75, 3.05) is 0 Å². The number of aromatic nitrogens is 1. The summed E-state index contributed by atoms with van der Waals surface area (Å²) >= 11 is 0. The number of nitrogens with zero attached hydrogens (tertiary/aromatic N) is 1. The van der Waals surface area contributed by atoms with Crippen LogP contribution in [0.5, 0.6) is 0 Å². The summed E-state index contributed by atoms with van der Waals surface area (Å²) in [5.41, 5.74) is 0.0809. The minimum absolute atomic E-state index is 0.0809. The monoisotopic (exact) mass is 167 g/mol. The summed E-state index contributed by atoms with van der Waals surface area (Å²) in [4.78, 5) is 3.72. The summed E-state index contributed by atoms with van der Waals surface area (Å²) in [5, 5.41) is 9.33. The molecule has 0 bridgehead atoms. The summed E-state index contributed by atoms with van der Waals surface area (Å²) in [6.07, 6.45) is 2.40. The van der Waals surface area contributed by atoms with E-state index in [1.54, 1.807) is 0 Å². The van der Waals surface area contributed by atoms with Gasteiger partial charge in [-0.2, -0.15) is 0 Å². The zero-order valence-electron chi connectivity index (χ0n) is 6.57. The van der Waals surface area contributed by atoms with E-state index in [9.17, 15) is 9.50 Å². The van der Waals surface area contributed by atoms with E-state index < -0.39 is 11.9 Å². The lowest BCUT2D eigenvalue weighted by atomic mass is 10.1. The standard InChI is InChI=1S/C9H10FNO/c1-2-4-8(12)9-7(10)5-3-6-11-9/h2-3,5-6,8,12H,1,4H2. The Morgan fingerprint density at radius 1 is 1.75 bits per heavy atom. The number of aliphatic hydroxyl groups excluding tert-OH is 1. The highest BCUT2D eigenvalue weighted by molar-refractivity contribution is 5.10. The second-order valence-corrected chi connectivity index (χ2v) is 2.41.